The van der Waals surface area contributed by atoms with Crippen LogP contribution in [-0.2, 0) is 16.1 Å². The Hall–Kier alpha value is -1.39. The first-order chi connectivity index (χ1) is 10.1. The molecule has 21 heavy (non-hydrogen) atoms. The summed E-state index contributed by atoms with van der Waals surface area (Å²) in [7, 11) is 1.39. The lowest BCUT2D eigenvalue weighted by Gasteiger charge is -2.42. The van der Waals surface area contributed by atoms with E-state index in [1.165, 1.54) is 12.7 Å². The Labute approximate surface area is 126 Å². The smallest absolute Gasteiger partial charge is 0.311 e. The first-order valence-corrected chi connectivity index (χ1v) is 7.65. The van der Waals surface area contributed by atoms with Crippen LogP contribution in [0.2, 0.25) is 0 Å². The number of piperidine rings is 1. The summed E-state index contributed by atoms with van der Waals surface area (Å²) >= 11 is 0. The fourth-order valence-electron chi connectivity index (χ4n) is 3.32. The van der Waals surface area contributed by atoms with E-state index >= 15 is 0 Å². The van der Waals surface area contributed by atoms with Crippen LogP contribution >= 0.6 is 0 Å². The Morgan fingerprint density at radius 2 is 2.14 bits per heavy atom. The van der Waals surface area contributed by atoms with E-state index in [1.54, 1.807) is 0 Å². The van der Waals surface area contributed by atoms with Crippen LogP contribution in [0.25, 0.3) is 0 Å². The molecular weight excluding hydrogens is 266 g/mol. The quantitative estimate of drug-likeness (QED) is 0.845. The van der Waals surface area contributed by atoms with Gasteiger partial charge in [-0.1, -0.05) is 37.3 Å². The molecule has 1 saturated heterocycles. The molecular formula is C17H25NO3. The van der Waals surface area contributed by atoms with Crippen LogP contribution in [-0.4, -0.2) is 41.8 Å². The molecule has 1 fully saturated rings. The molecule has 2 atom stereocenters. The molecule has 0 bridgehead atoms. The molecule has 1 aliphatic rings. The summed E-state index contributed by atoms with van der Waals surface area (Å²) in [6, 6.07) is 10.2. The van der Waals surface area contributed by atoms with Crippen molar-refractivity contribution in [3.8, 4) is 0 Å². The summed E-state index contributed by atoms with van der Waals surface area (Å²) in [5, 5.41) is 10.9. The van der Waals surface area contributed by atoms with Crippen LogP contribution < -0.4 is 0 Å². The number of carbonyl (C=O) groups is 1. The van der Waals surface area contributed by atoms with Crippen LogP contribution in [0.5, 0.6) is 0 Å². The molecule has 1 aromatic carbocycles. The second-order valence-corrected chi connectivity index (χ2v) is 5.89. The van der Waals surface area contributed by atoms with E-state index in [9.17, 15) is 9.90 Å². The Morgan fingerprint density at radius 3 is 2.76 bits per heavy atom. The fraction of sp³-hybridized carbons (Fsp3) is 0.588. The van der Waals surface area contributed by atoms with E-state index < -0.39 is 11.5 Å². The van der Waals surface area contributed by atoms with Gasteiger partial charge in [-0.2, -0.15) is 0 Å². The predicted octanol–water partition coefficient (Wildman–Crippen LogP) is 2.21. The van der Waals surface area contributed by atoms with Crippen molar-refractivity contribution in [3.63, 3.8) is 0 Å². The maximum Gasteiger partial charge on any atom is 0.311 e. The van der Waals surface area contributed by atoms with Crippen LogP contribution in [0.15, 0.2) is 30.3 Å². The Kier molecular flexibility index (Phi) is 5.37. The van der Waals surface area contributed by atoms with Crippen molar-refractivity contribution in [1.29, 1.82) is 0 Å². The van der Waals surface area contributed by atoms with Crippen LogP contribution in [0.1, 0.15) is 31.7 Å². The molecule has 116 valence electrons. The molecule has 1 aliphatic heterocycles. The van der Waals surface area contributed by atoms with Gasteiger partial charge >= 0.3 is 5.97 Å². The first-order valence-electron chi connectivity index (χ1n) is 7.65. The minimum absolute atomic E-state index is 0.304. The minimum atomic E-state index is -0.977. The molecule has 1 aromatic rings. The SMILES string of the molecule is CCC(C(=O)OC)C1(O)CCCN(Cc2ccccc2)C1. The van der Waals surface area contributed by atoms with Crippen LogP contribution in [0.3, 0.4) is 0 Å². The lowest BCUT2D eigenvalue weighted by Crippen LogP contribution is -2.54. The maximum atomic E-state index is 11.9. The second-order valence-electron chi connectivity index (χ2n) is 5.89. The van der Waals surface area contributed by atoms with Crippen molar-refractivity contribution in [2.24, 2.45) is 5.92 Å². The van der Waals surface area contributed by atoms with E-state index in [0.29, 0.717) is 19.4 Å². The number of methoxy groups -OCH3 is 1. The summed E-state index contributed by atoms with van der Waals surface area (Å²) in [6.45, 7) is 4.21. The van der Waals surface area contributed by atoms with E-state index in [-0.39, 0.29) is 5.97 Å². The predicted molar refractivity (Wildman–Crippen MR) is 81.7 cm³/mol. The zero-order chi connectivity index (χ0) is 15.3. The van der Waals surface area contributed by atoms with Gasteiger partial charge in [0.15, 0.2) is 0 Å². The zero-order valence-corrected chi connectivity index (χ0v) is 12.9. The fourth-order valence-corrected chi connectivity index (χ4v) is 3.32. The minimum Gasteiger partial charge on any atom is -0.469 e. The van der Waals surface area contributed by atoms with Crippen molar-refractivity contribution in [3.05, 3.63) is 35.9 Å². The third-order valence-electron chi connectivity index (χ3n) is 4.37. The van der Waals surface area contributed by atoms with Gasteiger partial charge in [-0.15, -0.1) is 0 Å². The molecule has 2 unspecified atom stereocenters. The number of nitrogens with zero attached hydrogens (tertiary/aromatic N) is 1. The molecule has 1 N–H and O–H groups in total. The highest BCUT2D eigenvalue weighted by molar-refractivity contribution is 5.73. The number of esters is 1. The lowest BCUT2D eigenvalue weighted by molar-refractivity contribution is -0.161. The van der Waals surface area contributed by atoms with E-state index in [1.807, 2.05) is 25.1 Å². The van der Waals surface area contributed by atoms with Gasteiger partial charge in [0.2, 0.25) is 0 Å². The average molecular weight is 291 g/mol. The largest absolute Gasteiger partial charge is 0.469 e. The number of carbonyl (C=O) groups excluding carboxylic acids is 1. The highest BCUT2D eigenvalue weighted by Gasteiger charge is 2.43. The Bertz CT molecular complexity index is 462. The third kappa shape index (κ3) is 3.83. The molecule has 0 spiro atoms. The van der Waals surface area contributed by atoms with Gasteiger partial charge in [0.1, 0.15) is 0 Å². The average Bonchev–Trinajstić information content (AvgIpc) is 2.48. The monoisotopic (exact) mass is 291 g/mol. The van der Waals surface area contributed by atoms with E-state index in [4.69, 9.17) is 4.74 Å². The van der Waals surface area contributed by atoms with Gasteiger partial charge in [0, 0.05) is 13.1 Å². The molecule has 4 nitrogen and oxygen atoms in total. The highest BCUT2D eigenvalue weighted by Crippen LogP contribution is 2.32. The summed E-state index contributed by atoms with van der Waals surface area (Å²) in [5.41, 5.74) is 0.252. The molecule has 0 radical (unpaired) electrons. The number of rotatable bonds is 5. The van der Waals surface area contributed by atoms with E-state index in [0.717, 1.165) is 19.5 Å². The summed E-state index contributed by atoms with van der Waals surface area (Å²) in [6.07, 6.45) is 2.16. The second kappa shape index (κ2) is 7.05. The van der Waals surface area contributed by atoms with Gasteiger partial charge < -0.3 is 9.84 Å². The molecule has 0 amide bonds. The standard InChI is InChI=1S/C17H25NO3/c1-3-15(16(19)21-2)17(20)10-7-11-18(13-17)12-14-8-5-4-6-9-14/h4-6,8-9,15,20H,3,7,10-13H2,1-2H3. The van der Waals surface area contributed by atoms with Gasteiger partial charge in [0.05, 0.1) is 18.6 Å². The van der Waals surface area contributed by atoms with Crippen molar-refractivity contribution in [2.75, 3.05) is 20.2 Å². The summed E-state index contributed by atoms with van der Waals surface area (Å²) < 4.78 is 4.86. The summed E-state index contributed by atoms with van der Waals surface area (Å²) in [4.78, 5) is 14.1. The molecule has 0 aromatic heterocycles. The van der Waals surface area contributed by atoms with Crippen LogP contribution in [0, 0.1) is 5.92 Å². The van der Waals surface area contributed by atoms with Crippen molar-refractivity contribution in [2.45, 2.75) is 38.3 Å². The number of benzene rings is 1. The molecule has 4 heteroatoms. The Balaban J connectivity index is 2.06. The third-order valence-corrected chi connectivity index (χ3v) is 4.37. The molecule has 1 heterocycles. The van der Waals surface area contributed by atoms with Crippen LogP contribution in [0.4, 0.5) is 0 Å². The number of hydrogen-bond acceptors (Lipinski definition) is 4. The first kappa shape index (κ1) is 16.0. The number of ether oxygens (including phenoxy) is 1. The molecule has 0 aliphatic carbocycles. The topological polar surface area (TPSA) is 49.8 Å². The Morgan fingerprint density at radius 1 is 1.43 bits per heavy atom. The number of likely N-dealkylation sites (tertiary alicyclic amines) is 1. The van der Waals surface area contributed by atoms with Gasteiger partial charge in [-0.25, -0.2) is 0 Å². The molecule has 2 rings (SSSR count). The lowest BCUT2D eigenvalue weighted by atomic mass is 9.79. The number of hydrogen-bond donors (Lipinski definition) is 1. The van der Waals surface area contributed by atoms with Gasteiger partial charge in [-0.3, -0.25) is 9.69 Å². The van der Waals surface area contributed by atoms with Gasteiger partial charge in [0.25, 0.3) is 0 Å². The van der Waals surface area contributed by atoms with Crippen molar-refractivity contribution in [1.82, 2.24) is 4.90 Å². The maximum absolute atomic E-state index is 11.9. The normalized spacial score (nSPS) is 24.5. The molecule has 0 saturated carbocycles. The van der Waals surface area contributed by atoms with Crippen molar-refractivity contribution < 1.29 is 14.6 Å². The van der Waals surface area contributed by atoms with Crippen molar-refractivity contribution >= 4 is 5.97 Å². The zero-order valence-electron chi connectivity index (χ0n) is 12.9. The summed E-state index contributed by atoms with van der Waals surface area (Å²) in [5.74, 6) is -0.748. The highest BCUT2D eigenvalue weighted by atomic mass is 16.5. The van der Waals surface area contributed by atoms with E-state index in [2.05, 4.69) is 17.0 Å². The number of β-amino-alcohol motifs (C(OH)–C–C–N with tert-alkyl or cyclic N) is 1. The van der Waals surface area contributed by atoms with Gasteiger partial charge in [-0.05, 0) is 31.4 Å². The number of aliphatic hydroxyl groups is 1.